The van der Waals surface area contributed by atoms with Crippen LogP contribution in [0.1, 0.15) is 31.2 Å². The van der Waals surface area contributed by atoms with Gasteiger partial charge in [-0.25, -0.2) is 0 Å². The van der Waals surface area contributed by atoms with Crippen molar-refractivity contribution in [2.45, 2.75) is 38.1 Å². The van der Waals surface area contributed by atoms with E-state index in [2.05, 4.69) is 27.3 Å². The van der Waals surface area contributed by atoms with Gasteiger partial charge in [0.1, 0.15) is 11.3 Å². The third-order valence-electron chi connectivity index (χ3n) is 3.50. The van der Waals surface area contributed by atoms with Gasteiger partial charge in [-0.05, 0) is 66.2 Å². The van der Waals surface area contributed by atoms with E-state index in [1.54, 1.807) is 0 Å². The van der Waals surface area contributed by atoms with Crippen LogP contribution in [0.15, 0.2) is 22.7 Å². The van der Waals surface area contributed by atoms with E-state index >= 15 is 0 Å². The molecular formula is C15H17BrN2O2. The largest absolute Gasteiger partial charge is 0.483 e. The van der Waals surface area contributed by atoms with Gasteiger partial charge >= 0.3 is 0 Å². The number of hydrogen-bond acceptors (Lipinski definition) is 3. The number of benzene rings is 1. The molecule has 1 fully saturated rings. The van der Waals surface area contributed by atoms with Crippen molar-refractivity contribution in [2.24, 2.45) is 0 Å². The van der Waals surface area contributed by atoms with Crippen LogP contribution < -0.4 is 10.1 Å². The van der Waals surface area contributed by atoms with Crippen LogP contribution in [0.2, 0.25) is 0 Å². The Morgan fingerprint density at radius 3 is 2.80 bits per heavy atom. The SMILES string of the molecule is Cc1ccc(OCC(=O)NC2(C#N)CCCC2)c(Br)c1. The standard InChI is InChI=1S/C15H17BrN2O2/c1-11-4-5-13(12(16)8-11)20-9-14(19)18-15(10-17)6-2-3-7-15/h4-5,8H,2-3,6-7,9H2,1H3,(H,18,19). The molecule has 1 aromatic rings. The summed E-state index contributed by atoms with van der Waals surface area (Å²) >= 11 is 3.40. The summed E-state index contributed by atoms with van der Waals surface area (Å²) in [6, 6.07) is 7.90. The van der Waals surface area contributed by atoms with Crippen molar-refractivity contribution in [3.8, 4) is 11.8 Å². The van der Waals surface area contributed by atoms with Gasteiger partial charge in [-0.2, -0.15) is 5.26 Å². The van der Waals surface area contributed by atoms with Crippen molar-refractivity contribution >= 4 is 21.8 Å². The first-order chi connectivity index (χ1) is 9.54. The third kappa shape index (κ3) is 3.51. The Kier molecular flexibility index (Phi) is 4.66. The fraction of sp³-hybridized carbons (Fsp3) is 0.467. The molecule has 0 heterocycles. The van der Waals surface area contributed by atoms with Crippen LogP contribution in [0.25, 0.3) is 0 Å². The molecule has 0 unspecified atom stereocenters. The van der Waals surface area contributed by atoms with E-state index < -0.39 is 5.54 Å². The third-order valence-corrected chi connectivity index (χ3v) is 4.12. The fourth-order valence-corrected chi connectivity index (χ4v) is 3.02. The van der Waals surface area contributed by atoms with Crippen LogP contribution in [-0.2, 0) is 4.79 Å². The van der Waals surface area contributed by atoms with Crippen molar-refractivity contribution < 1.29 is 9.53 Å². The summed E-state index contributed by atoms with van der Waals surface area (Å²) in [7, 11) is 0. The summed E-state index contributed by atoms with van der Waals surface area (Å²) in [5.74, 6) is 0.379. The first-order valence-corrected chi connectivity index (χ1v) is 7.45. The number of rotatable bonds is 4. The van der Waals surface area contributed by atoms with Crippen LogP contribution in [0, 0.1) is 18.3 Å². The van der Waals surface area contributed by atoms with Gasteiger partial charge in [0.2, 0.25) is 0 Å². The first-order valence-electron chi connectivity index (χ1n) is 6.66. The number of aryl methyl sites for hydroxylation is 1. The molecule has 1 aliphatic rings. The molecule has 1 aliphatic carbocycles. The summed E-state index contributed by atoms with van der Waals surface area (Å²) in [4.78, 5) is 11.9. The van der Waals surface area contributed by atoms with Crippen molar-refractivity contribution in [3.63, 3.8) is 0 Å². The van der Waals surface area contributed by atoms with Gasteiger partial charge < -0.3 is 10.1 Å². The lowest BCUT2D eigenvalue weighted by Gasteiger charge is -2.22. The van der Waals surface area contributed by atoms with Crippen molar-refractivity contribution in [1.29, 1.82) is 5.26 Å². The van der Waals surface area contributed by atoms with Gasteiger partial charge in [-0.3, -0.25) is 4.79 Å². The molecule has 2 rings (SSSR count). The van der Waals surface area contributed by atoms with E-state index in [1.165, 1.54) is 0 Å². The van der Waals surface area contributed by atoms with E-state index in [9.17, 15) is 10.1 Å². The van der Waals surface area contributed by atoms with Crippen LogP contribution in [0.4, 0.5) is 0 Å². The quantitative estimate of drug-likeness (QED) is 0.918. The Labute approximate surface area is 127 Å². The van der Waals surface area contributed by atoms with Crippen LogP contribution in [0.3, 0.4) is 0 Å². The second-order valence-corrected chi connectivity index (χ2v) is 6.03. The zero-order chi connectivity index (χ0) is 14.6. The minimum absolute atomic E-state index is 0.0783. The minimum atomic E-state index is -0.690. The highest BCUT2D eigenvalue weighted by atomic mass is 79.9. The molecule has 0 spiro atoms. The molecule has 0 radical (unpaired) electrons. The first kappa shape index (κ1) is 14.9. The maximum atomic E-state index is 11.9. The van der Waals surface area contributed by atoms with Crippen molar-refractivity contribution in [2.75, 3.05) is 6.61 Å². The lowest BCUT2D eigenvalue weighted by atomic mass is 10.00. The predicted molar refractivity (Wildman–Crippen MR) is 79.3 cm³/mol. The molecule has 0 aromatic heterocycles. The number of nitrogens with one attached hydrogen (secondary N) is 1. The van der Waals surface area contributed by atoms with Crippen LogP contribution in [-0.4, -0.2) is 18.1 Å². The number of carbonyl (C=O) groups excluding carboxylic acids is 1. The molecule has 5 heteroatoms. The number of nitrogens with zero attached hydrogens (tertiary/aromatic N) is 1. The lowest BCUT2D eigenvalue weighted by molar-refractivity contribution is -0.124. The van der Waals surface area contributed by atoms with Crippen LogP contribution in [0.5, 0.6) is 5.75 Å². The zero-order valence-corrected chi connectivity index (χ0v) is 13.0. The van der Waals surface area contributed by atoms with Gasteiger partial charge in [0.15, 0.2) is 6.61 Å². The highest BCUT2D eigenvalue weighted by Gasteiger charge is 2.35. The van der Waals surface area contributed by atoms with Gasteiger partial charge in [0.25, 0.3) is 5.91 Å². The maximum absolute atomic E-state index is 11.9. The Balaban J connectivity index is 1.91. The Morgan fingerprint density at radius 1 is 1.50 bits per heavy atom. The highest BCUT2D eigenvalue weighted by molar-refractivity contribution is 9.10. The number of ether oxygens (including phenoxy) is 1. The monoisotopic (exact) mass is 336 g/mol. The molecular weight excluding hydrogens is 320 g/mol. The summed E-state index contributed by atoms with van der Waals surface area (Å²) in [5.41, 5.74) is 0.424. The van der Waals surface area contributed by atoms with Gasteiger partial charge in [-0.15, -0.1) is 0 Å². The average molecular weight is 337 g/mol. The van der Waals surface area contributed by atoms with Gasteiger partial charge in [-0.1, -0.05) is 6.07 Å². The molecule has 20 heavy (non-hydrogen) atoms. The minimum Gasteiger partial charge on any atom is -0.483 e. The van der Waals surface area contributed by atoms with Gasteiger partial charge in [0, 0.05) is 0 Å². The second kappa shape index (κ2) is 6.27. The summed E-state index contributed by atoms with van der Waals surface area (Å²) in [5, 5.41) is 12.0. The number of amides is 1. The molecule has 0 atom stereocenters. The van der Waals surface area contributed by atoms with Crippen molar-refractivity contribution in [3.05, 3.63) is 28.2 Å². The van der Waals surface area contributed by atoms with Gasteiger partial charge in [0.05, 0.1) is 10.5 Å². The van der Waals surface area contributed by atoms with E-state index in [0.29, 0.717) is 5.75 Å². The topological polar surface area (TPSA) is 62.1 Å². The normalized spacial score (nSPS) is 16.4. The number of nitriles is 1. The molecule has 1 N–H and O–H groups in total. The Hall–Kier alpha value is -1.54. The zero-order valence-electron chi connectivity index (χ0n) is 11.4. The highest BCUT2D eigenvalue weighted by Crippen LogP contribution is 2.29. The fourth-order valence-electron chi connectivity index (χ4n) is 2.41. The number of hydrogen-bond donors (Lipinski definition) is 1. The van der Waals surface area contributed by atoms with Crippen molar-refractivity contribution in [1.82, 2.24) is 5.32 Å². The number of carbonyl (C=O) groups is 1. The molecule has 1 amide bonds. The molecule has 0 bridgehead atoms. The average Bonchev–Trinajstić information content (AvgIpc) is 2.87. The second-order valence-electron chi connectivity index (χ2n) is 5.17. The summed E-state index contributed by atoms with van der Waals surface area (Å²) < 4.78 is 6.31. The Morgan fingerprint density at radius 2 is 2.20 bits per heavy atom. The summed E-state index contributed by atoms with van der Waals surface area (Å²) in [6.45, 7) is 1.91. The molecule has 4 nitrogen and oxygen atoms in total. The lowest BCUT2D eigenvalue weighted by Crippen LogP contribution is -2.47. The van der Waals surface area contributed by atoms with E-state index in [1.807, 2.05) is 25.1 Å². The molecule has 1 aromatic carbocycles. The van der Waals surface area contributed by atoms with E-state index in [-0.39, 0.29) is 12.5 Å². The molecule has 0 aliphatic heterocycles. The predicted octanol–water partition coefficient (Wildman–Crippen LogP) is 3.09. The maximum Gasteiger partial charge on any atom is 0.259 e. The molecule has 0 saturated heterocycles. The van der Waals surface area contributed by atoms with E-state index in [0.717, 1.165) is 35.7 Å². The van der Waals surface area contributed by atoms with E-state index in [4.69, 9.17) is 4.74 Å². The summed E-state index contributed by atoms with van der Waals surface area (Å²) in [6.07, 6.45) is 3.42. The molecule has 1 saturated carbocycles. The molecule has 106 valence electrons. The Bertz CT molecular complexity index is 545. The van der Waals surface area contributed by atoms with Crippen LogP contribution >= 0.6 is 15.9 Å². The smallest absolute Gasteiger partial charge is 0.259 e. The number of halogens is 1.